The van der Waals surface area contributed by atoms with Crippen LogP contribution in [0, 0.1) is 6.08 Å². The summed E-state index contributed by atoms with van der Waals surface area (Å²) in [6.45, 7) is 6.55. The maximum atomic E-state index is 11.0. The molecule has 0 atom stereocenters. The first-order valence-corrected chi connectivity index (χ1v) is 13.9. The van der Waals surface area contributed by atoms with Gasteiger partial charge in [-0.15, -0.1) is 29.3 Å². The molecule has 2 aliphatic carbocycles. The minimum atomic E-state index is 0. The van der Waals surface area contributed by atoms with Crippen LogP contribution in [0.2, 0.25) is 0 Å². The zero-order chi connectivity index (χ0) is 25.6. The number of benzene rings is 3. The van der Waals surface area contributed by atoms with Crippen LogP contribution in [-0.4, -0.2) is 5.71 Å². The van der Waals surface area contributed by atoms with Gasteiger partial charge in [0.05, 0.1) is 0 Å². The second kappa shape index (κ2) is 16.7. The second-order valence-electron chi connectivity index (χ2n) is 10.9. The predicted octanol–water partition coefficient (Wildman–Crippen LogP) is 10.2. The van der Waals surface area contributed by atoms with Crippen LogP contribution in [0.4, 0.5) is 0 Å². The van der Waals surface area contributed by atoms with E-state index in [1.165, 1.54) is 69.8 Å². The van der Waals surface area contributed by atoms with E-state index < -0.39 is 0 Å². The van der Waals surface area contributed by atoms with Gasteiger partial charge < -0.3 is 5.41 Å². The van der Waals surface area contributed by atoms with Crippen LogP contribution < -0.4 is 0 Å². The van der Waals surface area contributed by atoms with Gasteiger partial charge in [0.15, 0.2) is 0 Å². The fraction of sp³-hybridized carbons (Fsp3) is 0.400. The van der Waals surface area contributed by atoms with Gasteiger partial charge in [-0.3, -0.25) is 0 Å². The van der Waals surface area contributed by atoms with Crippen LogP contribution >= 0.6 is 0 Å². The SMILES string of the molecule is C1CCCC1.C1CCCC1.CC(C)(C)c1ccc(C(=[N-])C(=[C-]c2ccccc2)c2ccccc2)cc1.[Zr+4]. The number of nitrogens with zero attached hydrogens (tertiary/aromatic N) is 1. The molecule has 2 heteroatoms. The molecule has 190 valence electrons. The zero-order valence-electron chi connectivity index (χ0n) is 23.1. The molecule has 0 heterocycles. The summed E-state index contributed by atoms with van der Waals surface area (Å²) in [5, 5.41) is 11.0. The monoisotopic (exact) mass is 567 g/mol. The molecule has 0 aromatic heterocycles. The molecule has 0 aliphatic heterocycles. The molecule has 2 fully saturated rings. The van der Waals surface area contributed by atoms with E-state index in [9.17, 15) is 5.41 Å². The van der Waals surface area contributed by atoms with Crippen molar-refractivity contribution in [2.24, 2.45) is 0 Å². The van der Waals surface area contributed by atoms with Crippen LogP contribution in [0.1, 0.15) is 107 Å². The molecule has 2 aliphatic rings. The Morgan fingerprint density at radius 2 is 0.973 bits per heavy atom. The number of allylic oxidation sites excluding steroid dienone is 1. The van der Waals surface area contributed by atoms with Gasteiger partial charge >= 0.3 is 26.2 Å². The Morgan fingerprint density at radius 1 is 0.568 bits per heavy atom. The summed E-state index contributed by atoms with van der Waals surface area (Å²) in [5.41, 5.74) is 4.92. The molecule has 0 amide bonds. The largest absolute Gasteiger partial charge is 4.00 e. The van der Waals surface area contributed by atoms with Crippen molar-refractivity contribution in [1.82, 2.24) is 0 Å². The van der Waals surface area contributed by atoms with E-state index in [0.717, 1.165) is 16.7 Å². The van der Waals surface area contributed by atoms with Crippen molar-refractivity contribution in [3.63, 3.8) is 0 Å². The summed E-state index contributed by atoms with van der Waals surface area (Å²) in [6.07, 6.45) is 18.4. The van der Waals surface area contributed by atoms with Crippen molar-refractivity contribution < 1.29 is 26.2 Å². The van der Waals surface area contributed by atoms with E-state index in [-0.39, 0.29) is 37.3 Å². The Hall–Kier alpha value is -2.05. The predicted molar refractivity (Wildman–Crippen MR) is 157 cm³/mol. The zero-order valence-corrected chi connectivity index (χ0v) is 25.6. The minimum Gasteiger partial charge on any atom is -0.845 e. The van der Waals surface area contributed by atoms with E-state index >= 15 is 0 Å². The van der Waals surface area contributed by atoms with Crippen LogP contribution in [0.25, 0.3) is 11.0 Å². The van der Waals surface area contributed by atoms with Gasteiger partial charge in [-0.05, 0) is 11.0 Å². The van der Waals surface area contributed by atoms with Crippen LogP contribution in [-0.2, 0) is 31.6 Å². The smallest absolute Gasteiger partial charge is 0.845 e. The standard InChI is InChI=1S/C25H23N.2C5H10.Zr/c1-25(2,3)22-16-14-21(15-17-22)24(26)23(20-12-8-5-9-13-20)18-19-10-6-4-7-11-19;2*1-2-4-5-3-1;/h4-17H,1-3H3;2*1-5H2;/q-2;;;+4. The van der Waals surface area contributed by atoms with E-state index in [1.54, 1.807) is 0 Å². The number of rotatable bonds is 4. The average Bonchev–Trinajstić information content (AvgIpc) is 3.67. The van der Waals surface area contributed by atoms with Gasteiger partial charge in [-0.25, -0.2) is 5.71 Å². The molecule has 0 spiro atoms. The van der Waals surface area contributed by atoms with E-state index in [1.807, 2.05) is 72.8 Å². The summed E-state index contributed by atoms with van der Waals surface area (Å²) in [6, 6.07) is 27.9. The molecule has 0 N–H and O–H groups in total. The maximum Gasteiger partial charge on any atom is 4.00 e. The molecule has 0 radical (unpaired) electrons. The molecule has 2 saturated carbocycles. The summed E-state index contributed by atoms with van der Waals surface area (Å²) in [7, 11) is 0. The quantitative estimate of drug-likeness (QED) is 0.170. The van der Waals surface area contributed by atoms with Crippen molar-refractivity contribution >= 4 is 11.3 Å². The molecule has 0 bridgehead atoms. The second-order valence-corrected chi connectivity index (χ2v) is 10.9. The minimum absolute atomic E-state index is 0. The van der Waals surface area contributed by atoms with Gasteiger partial charge in [-0.1, -0.05) is 169 Å². The van der Waals surface area contributed by atoms with E-state index in [0.29, 0.717) is 5.57 Å². The third-order valence-electron chi connectivity index (χ3n) is 6.87. The van der Waals surface area contributed by atoms with Gasteiger partial charge in [-0.2, -0.15) is 0 Å². The first-order valence-electron chi connectivity index (χ1n) is 13.9. The van der Waals surface area contributed by atoms with Gasteiger partial charge in [0.2, 0.25) is 0 Å². The van der Waals surface area contributed by atoms with Crippen molar-refractivity contribution in [1.29, 1.82) is 0 Å². The average molecular weight is 569 g/mol. The fourth-order valence-corrected chi connectivity index (χ4v) is 4.58. The van der Waals surface area contributed by atoms with Gasteiger partial charge in [0, 0.05) is 0 Å². The molecular formula is C35H43NZr+2. The molecule has 0 unspecified atom stereocenters. The molecule has 37 heavy (non-hydrogen) atoms. The fourth-order valence-electron chi connectivity index (χ4n) is 4.58. The van der Waals surface area contributed by atoms with Gasteiger partial charge in [0.1, 0.15) is 0 Å². The molecule has 0 saturated heterocycles. The maximum absolute atomic E-state index is 11.0. The van der Waals surface area contributed by atoms with Crippen molar-refractivity contribution in [3.05, 3.63) is 119 Å². The third kappa shape index (κ3) is 11.1. The Balaban J connectivity index is 0.000000362. The number of hydrogen-bond acceptors (Lipinski definition) is 0. The van der Waals surface area contributed by atoms with Crippen LogP contribution in [0.15, 0.2) is 84.9 Å². The van der Waals surface area contributed by atoms with Crippen LogP contribution in [0.5, 0.6) is 0 Å². The van der Waals surface area contributed by atoms with Crippen molar-refractivity contribution in [3.8, 4) is 0 Å². The number of hydrogen-bond donors (Lipinski definition) is 0. The molecule has 5 rings (SSSR count). The van der Waals surface area contributed by atoms with E-state index in [4.69, 9.17) is 0 Å². The Labute approximate surface area is 245 Å². The first kappa shape index (κ1) is 31.2. The summed E-state index contributed by atoms with van der Waals surface area (Å²) >= 11 is 0. The van der Waals surface area contributed by atoms with Crippen molar-refractivity contribution in [2.45, 2.75) is 90.4 Å². The van der Waals surface area contributed by atoms with Gasteiger partial charge in [0.25, 0.3) is 0 Å². The first-order chi connectivity index (χ1) is 17.4. The van der Waals surface area contributed by atoms with Crippen molar-refractivity contribution in [2.75, 3.05) is 0 Å². The normalized spacial score (nSPS) is 14.9. The Bertz CT molecular complexity index is 1030. The summed E-state index contributed by atoms with van der Waals surface area (Å²) < 4.78 is 0. The molecule has 1 nitrogen and oxygen atoms in total. The summed E-state index contributed by atoms with van der Waals surface area (Å²) in [4.78, 5) is 0. The topological polar surface area (TPSA) is 22.3 Å². The molecule has 3 aromatic carbocycles. The molecule has 3 aromatic rings. The Morgan fingerprint density at radius 3 is 1.38 bits per heavy atom. The Kier molecular flexibility index (Phi) is 14.1. The molecular weight excluding hydrogens is 526 g/mol. The van der Waals surface area contributed by atoms with Crippen LogP contribution in [0.3, 0.4) is 0 Å². The summed E-state index contributed by atoms with van der Waals surface area (Å²) in [5.74, 6) is 0. The third-order valence-corrected chi connectivity index (χ3v) is 6.87. The van der Waals surface area contributed by atoms with E-state index in [2.05, 4.69) is 39.0 Å².